The van der Waals surface area contributed by atoms with Gasteiger partial charge in [-0.1, -0.05) is 47.7 Å². The molecule has 0 spiro atoms. The largest absolute Gasteiger partial charge is 0.494 e. The molecule has 0 aliphatic rings. The van der Waals surface area contributed by atoms with Gasteiger partial charge < -0.3 is 4.74 Å². The third-order valence-electron chi connectivity index (χ3n) is 5.80. The molecular formula is C30H32N4O2S. The Hall–Kier alpha value is -3.71. The van der Waals surface area contributed by atoms with Gasteiger partial charge in [-0.05, 0) is 81.7 Å². The second-order valence-electron chi connectivity index (χ2n) is 9.04. The lowest BCUT2D eigenvalue weighted by Gasteiger charge is -2.13. The van der Waals surface area contributed by atoms with E-state index < -0.39 is 0 Å². The molecule has 7 heteroatoms. The Kier molecular flexibility index (Phi) is 9.27. The van der Waals surface area contributed by atoms with Gasteiger partial charge in [0, 0.05) is 35.3 Å². The van der Waals surface area contributed by atoms with Crippen molar-refractivity contribution in [2.24, 2.45) is 0 Å². The third-order valence-corrected chi connectivity index (χ3v) is 6.83. The summed E-state index contributed by atoms with van der Waals surface area (Å²) in [6.07, 6.45) is 8.93. The number of allylic oxidation sites excluding steroid dienone is 1. The molecule has 0 amide bonds. The molecule has 0 atom stereocenters. The second kappa shape index (κ2) is 13.0. The van der Waals surface area contributed by atoms with Gasteiger partial charge in [-0.3, -0.25) is 14.3 Å². The lowest BCUT2D eigenvalue weighted by Crippen LogP contribution is -2.05. The molecule has 0 saturated heterocycles. The molecule has 2 aromatic heterocycles. The number of benzene rings is 2. The summed E-state index contributed by atoms with van der Waals surface area (Å²) in [5.41, 5.74) is 3.87. The maximum absolute atomic E-state index is 12.4. The Bertz CT molecular complexity index is 1310. The normalized spacial score (nSPS) is 11.4. The van der Waals surface area contributed by atoms with Crippen LogP contribution in [0.2, 0.25) is 0 Å². The van der Waals surface area contributed by atoms with Gasteiger partial charge in [-0.15, -0.1) is 10.2 Å². The van der Waals surface area contributed by atoms with E-state index in [1.165, 1.54) is 5.56 Å². The van der Waals surface area contributed by atoms with Gasteiger partial charge in [-0.2, -0.15) is 0 Å². The SMILES string of the molecule is Cc1ccc(/C=C/C(=O)c2ccc(OCCCCSc3nnc(-c4ccncc4)n3C(C)C)cc2)cc1. The van der Waals surface area contributed by atoms with Gasteiger partial charge >= 0.3 is 0 Å². The van der Waals surface area contributed by atoms with E-state index in [4.69, 9.17) is 4.74 Å². The van der Waals surface area contributed by atoms with Gasteiger partial charge in [0.25, 0.3) is 0 Å². The smallest absolute Gasteiger partial charge is 0.191 e. The number of carbonyl (C=O) groups is 1. The highest BCUT2D eigenvalue weighted by Crippen LogP contribution is 2.28. The minimum Gasteiger partial charge on any atom is -0.494 e. The van der Waals surface area contributed by atoms with Gasteiger partial charge in [0.1, 0.15) is 5.75 Å². The molecule has 0 N–H and O–H groups in total. The van der Waals surface area contributed by atoms with Crippen LogP contribution in [0, 0.1) is 6.92 Å². The number of pyridine rings is 1. The Labute approximate surface area is 222 Å². The van der Waals surface area contributed by atoms with Crippen LogP contribution < -0.4 is 4.74 Å². The number of carbonyl (C=O) groups excluding carboxylic acids is 1. The first kappa shape index (κ1) is 26.4. The molecule has 4 aromatic rings. The molecule has 4 rings (SSSR count). The molecule has 0 aliphatic carbocycles. The molecule has 6 nitrogen and oxygen atoms in total. The number of aryl methyl sites for hydroxylation is 1. The molecule has 190 valence electrons. The molecule has 0 bridgehead atoms. The Morgan fingerprint density at radius 1 is 0.973 bits per heavy atom. The number of nitrogens with zero attached hydrogens (tertiary/aromatic N) is 4. The zero-order chi connectivity index (χ0) is 26.0. The minimum absolute atomic E-state index is 0.0227. The van der Waals surface area contributed by atoms with Crippen LogP contribution in [0.3, 0.4) is 0 Å². The predicted octanol–water partition coefficient (Wildman–Crippen LogP) is 7.08. The maximum Gasteiger partial charge on any atom is 0.191 e. The van der Waals surface area contributed by atoms with Crippen molar-refractivity contribution in [2.45, 2.75) is 44.8 Å². The number of aromatic nitrogens is 4. The van der Waals surface area contributed by atoms with Crippen LogP contribution in [0.25, 0.3) is 17.5 Å². The first-order valence-electron chi connectivity index (χ1n) is 12.5. The van der Waals surface area contributed by atoms with Crippen molar-refractivity contribution in [3.8, 4) is 17.1 Å². The number of hydrogen-bond donors (Lipinski definition) is 0. The number of ketones is 1. The number of thioether (sulfide) groups is 1. The van der Waals surface area contributed by atoms with Gasteiger partial charge in [0.2, 0.25) is 0 Å². The highest BCUT2D eigenvalue weighted by molar-refractivity contribution is 7.99. The standard InChI is InChI=1S/C30H32N4O2S/c1-22(2)34-29(26-16-18-31-19-17-26)32-33-30(34)37-21-5-4-20-36-27-13-11-25(12-14-27)28(35)15-10-24-8-6-23(3)7-9-24/h6-19,22H,4-5,20-21H2,1-3H3/b15-10+. The van der Waals surface area contributed by atoms with E-state index in [9.17, 15) is 4.79 Å². The molecular weight excluding hydrogens is 480 g/mol. The van der Waals surface area contributed by atoms with Crippen LogP contribution in [-0.2, 0) is 0 Å². The topological polar surface area (TPSA) is 69.9 Å². The van der Waals surface area contributed by atoms with Crippen molar-refractivity contribution in [1.82, 2.24) is 19.7 Å². The second-order valence-corrected chi connectivity index (χ2v) is 10.1. The molecule has 0 unspecified atom stereocenters. The molecule has 2 heterocycles. The first-order chi connectivity index (χ1) is 18.0. The van der Waals surface area contributed by atoms with Crippen molar-refractivity contribution >= 4 is 23.6 Å². The van der Waals surface area contributed by atoms with Crippen molar-refractivity contribution < 1.29 is 9.53 Å². The van der Waals surface area contributed by atoms with Crippen LogP contribution in [0.4, 0.5) is 0 Å². The van der Waals surface area contributed by atoms with E-state index in [-0.39, 0.29) is 11.8 Å². The van der Waals surface area contributed by atoms with Crippen LogP contribution in [-0.4, -0.2) is 37.9 Å². The number of rotatable bonds is 12. The molecule has 2 aromatic carbocycles. The average molecular weight is 513 g/mol. The highest BCUT2D eigenvalue weighted by atomic mass is 32.2. The number of hydrogen-bond acceptors (Lipinski definition) is 6. The summed E-state index contributed by atoms with van der Waals surface area (Å²) >= 11 is 1.72. The van der Waals surface area contributed by atoms with Crippen LogP contribution >= 0.6 is 11.8 Å². The fraction of sp³-hybridized carbons (Fsp3) is 0.267. The van der Waals surface area contributed by atoms with E-state index in [2.05, 4.69) is 33.6 Å². The van der Waals surface area contributed by atoms with Crippen LogP contribution in [0.5, 0.6) is 5.75 Å². The molecule has 0 saturated carbocycles. The summed E-state index contributed by atoms with van der Waals surface area (Å²) in [5.74, 6) is 2.56. The van der Waals surface area contributed by atoms with E-state index in [1.807, 2.05) is 73.7 Å². The van der Waals surface area contributed by atoms with Crippen molar-refractivity contribution in [3.05, 3.63) is 95.8 Å². The summed E-state index contributed by atoms with van der Waals surface area (Å²) < 4.78 is 8.06. The summed E-state index contributed by atoms with van der Waals surface area (Å²) in [6.45, 7) is 6.96. The lowest BCUT2D eigenvalue weighted by atomic mass is 10.1. The van der Waals surface area contributed by atoms with Gasteiger partial charge in [-0.25, -0.2) is 0 Å². The summed E-state index contributed by atoms with van der Waals surface area (Å²) in [5, 5.41) is 9.78. The first-order valence-corrected chi connectivity index (χ1v) is 13.5. The Morgan fingerprint density at radius 3 is 2.41 bits per heavy atom. The summed E-state index contributed by atoms with van der Waals surface area (Å²) in [4.78, 5) is 16.5. The lowest BCUT2D eigenvalue weighted by molar-refractivity contribution is 0.104. The number of unbranched alkanes of at least 4 members (excludes halogenated alkanes) is 1. The predicted molar refractivity (Wildman–Crippen MR) is 150 cm³/mol. The maximum atomic E-state index is 12.4. The van der Waals surface area contributed by atoms with Crippen molar-refractivity contribution in [1.29, 1.82) is 0 Å². The fourth-order valence-corrected chi connectivity index (χ4v) is 4.82. The highest BCUT2D eigenvalue weighted by Gasteiger charge is 2.16. The molecule has 0 radical (unpaired) electrons. The monoisotopic (exact) mass is 512 g/mol. The fourth-order valence-electron chi connectivity index (χ4n) is 3.76. The van der Waals surface area contributed by atoms with Crippen LogP contribution in [0.15, 0.2) is 84.3 Å². The average Bonchev–Trinajstić information content (AvgIpc) is 3.35. The Balaban J connectivity index is 1.20. The van der Waals surface area contributed by atoms with Crippen molar-refractivity contribution in [2.75, 3.05) is 12.4 Å². The summed E-state index contributed by atoms with van der Waals surface area (Å²) in [7, 11) is 0. The van der Waals surface area contributed by atoms with E-state index >= 15 is 0 Å². The van der Waals surface area contributed by atoms with E-state index in [0.717, 1.165) is 46.5 Å². The molecule has 37 heavy (non-hydrogen) atoms. The molecule has 0 aliphatic heterocycles. The van der Waals surface area contributed by atoms with E-state index in [1.54, 1.807) is 30.2 Å². The zero-order valence-electron chi connectivity index (χ0n) is 21.5. The number of ether oxygens (including phenoxy) is 1. The Morgan fingerprint density at radius 2 is 1.70 bits per heavy atom. The summed E-state index contributed by atoms with van der Waals surface area (Å²) in [6, 6.07) is 19.6. The molecule has 0 fully saturated rings. The van der Waals surface area contributed by atoms with Gasteiger partial charge in [0.15, 0.2) is 16.8 Å². The van der Waals surface area contributed by atoms with Crippen LogP contribution in [0.1, 0.15) is 54.2 Å². The van der Waals surface area contributed by atoms with Gasteiger partial charge in [0.05, 0.1) is 6.61 Å². The van der Waals surface area contributed by atoms with Crippen molar-refractivity contribution in [3.63, 3.8) is 0 Å². The zero-order valence-corrected chi connectivity index (χ0v) is 22.3. The minimum atomic E-state index is -0.0227. The quantitative estimate of drug-likeness (QED) is 0.0874. The third kappa shape index (κ3) is 7.40. The van der Waals surface area contributed by atoms with E-state index in [0.29, 0.717) is 12.2 Å².